The van der Waals surface area contributed by atoms with Crippen LogP contribution in [0.2, 0.25) is 0 Å². The summed E-state index contributed by atoms with van der Waals surface area (Å²) in [6.45, 7) is 1.98. The van der Waals surface area contributed by atoms with Crippen molar-refractivity contribution in [2.24, 2.45) is 7.05 Å². The molecule has 0 saturated carbocycles. The van der Waals surface area contributed by atoms with Crippen molar-refractivity contribution >= 4 is 68.3 Å². The molecule has 2 heterocycles. The Hall–Kier alpha value is -4.52. The number of nitrogens with zero attached hydrogens (tertiary/aromatic N) is 5. The highest BCUT2D eigenvalue weighted by molar-refractivity contribution is 8.00. The highest BCUT2D eigenvalue weighted by Gasteiger charge is 2.15. The molecule has 6 rings (SSSR count). The molecule has 6 aromatic rings. The number of aryl methyl sites for hydroxylation is 1. The molecule has 0 atom stereocenters. The molecule has 0 radical (unpaired) electrons. The smallest absolute Gasteiger partial charge is 0.255 e. The molecule has 0 bridgehead atoms. The second-order valence-corrected chi connectivity index (χ2v) is 13.0. The van der Waals surface area contributed by atoms with Gasteiger partial charge in [-0.2, -0.15) is 0 Å². The van der Waals surface area contributed by atoms with Crippen molar-refractivity contribution in [2.45, 2.75) is 22.2 Å². The van der Waals surface area contributed by atoms with E-state index in [-0.39, 0.29) is 17.6 Å². The largest absolute Gasteiger partial charge is 0.322 e. The first kappa shape index (κ1) is 29.5. The Labute approximate surface area is 266 Å². The number of hydrogen-bond donors (Lipinski definition) is 2. The number of carbonyl (C=O) groups is 2. The van der Waals surface area contributed by atoms with Gasteiger partial charge in [0.15, 0.2) is 15.3 Å². The van der Waals surface area contributed by atoms with Crippen molar-refractivity contribution in [3.8, 4) is 11.4 Å². The third-order valence-electron chi connectivity index (χ3n) is 6.77. The number of anilines is 2. The molecule has 2 aromatic heterocycles. The molecule has 0 aliphatic heterocycles. The predicted molar refractivity (Wildman–Crippen MR) is 178 cm³/mol. The van der Waals surface area contributed by atoms with E-state index >= 15 is 0 Å². The molecule has 4 aromatic carbocycles. The molecule has 0 unspecified atom stereocenters. The average molecular weight is 638 g/mol. The minimum Gasteiger partial charge on any atom is -0.322 e. The zero-order chi connectivity index (χ0) is 30.5. The van der Waals surface area contributed by atoms with Crippen LogP contribution >= 0.6 is 34.9 Å². The van der Waals surface area contributed by atoms with Gasteiger partial charge in [0.25, 0.3) is 5.91 Å². The van der Waals surface area contributed by atoms with Crippen LogP contribution in [0.1, 0.15) is 21.5 Å². The van der Waals surface area contributed by atoms with Gasteiger partial charge in [0.2, 0.25) is 11.0 Å². The van der Waals surface area contributed by atoms with E-state index < -0.39 is 0 Å². The molecule has 0 spiro atoms. The van der Waals surface area contributed by atoms with Crippen molar-refractivity contribution < 1.29 is 9.59 Å². The van der Waals surface area contributed by atoms with Crippen LogP contribution in [0.4, 0.5) is 10.8 Å². The second-order valence-electron chi connectivity index (χ2n) is 9.90. The summed E-state index contributed by atoms with van der Waals surface area (Å²) in [4.78, 5) is 25.2. The number of benzene rings is 4. The molecule has 9 nitrogen and oxygen atoms in total. The molecule has 0 aliphatic rings. The first-order chi connectivity index (χ1) is 21.4. The van der Waals surface area contributed by atoms with Crippen molar-refractivity contribution in [1.29, 1.82) is 0 Å². The predicted octanol–water partition coefficient (Wildman–Crippen LogP) is 7.07. The summed E-state index contributed by atoms with van der Waals surface area (Å²) in [7, 11) is 1.85. The van der Waals surface area contributed by atoms with Crippen LogP contribution in [0, 0.1) is 6.92 Å². The molecule has 0 fully saturated rings. The molecular weight excluding hydrogens is 611 g/mol. The van der Waals surface area contributed by atoms with Gasteiger partial charge in [0.05, 0.1) is 5.75 Å². The summed E-state index contributed by atoms with van der Waals surface area (Å²) in [5, 5.41) is 26.2. The summed E-state index contributed by atoms with van der Waals surface area (Å²) in [5.41, 5.74) is 4.45. The summed E-state index contributed by atoms with van der Waals surface area (Å²) in [5.74, 6) is 1.20. The van der Waals surface area contributed by atoms with Gasteiger partial charge in [-0.3, -0.25) is 14.9 Å². The van der Waals surface area contributed by atoms with E-state index in [0.717, 1.165) is 21.2 Å². The number of aromatic nitrogens is 5. The van der Waals surface area contributed by atoms with Gasteiger partial charge in [-0.15, -0.1) is 20.4 Å². The van der Waals surface area contributed by atoms with Crippen LogP contribution in [-0.4, -0.2) is 42.5 Å². The van der Waals surface area contributed by atoms with Crippen molar-refractivity contribution in [3.05, 3.63) is 108 Å². The molecular formula is C32H27N7O2S3. The van der Waals surface area contributed by atoms with E-state index in [1.807, 2.05) is 67.1 Å². The fourth-order valence-electron chi connectivity index (χ4n) is 4.46. The van der Waals surface area contributed by atoms with E-state index in [2.05, 4.69) is 61.4 Å². The van der Waals surface area contributed by atoms with E-state index in [1.54, 1.807) is 23.9 Å². The highest BCUT2D eigenvalue weighted by atomic mass is 32.2. The molecule has 220 valence electrons. The molecule has 2 amide bonds. The number of hydrogen-bond acceptors (Lipinski definition) is 9. The second kappa shape index (κ2) is 13.4. The van der Waals surface area contributed by atoms with Gasteiger partial charge in [0.1, 0.15) is 0 Å². The third kappa shape index (κ3) is 6.99. The molecule has 0 saturated heterocycles. The maximum absolute atomic E-state index is 12.7. The Morgan fingerprint density at radius 2 is 1.59 bits per heavy atom. The van der Waals surface area contributed by atoms with Crippen molar-refractivity contribution in [2.75, 3.05) is 16.4 Å². The zero-order valence-corrected chi connectivity index (χ0v) is 26.3. The van der Waals surface area contributed by atoms with Gasteiger partial charge < -0.3 is 9.88 Å². The van der Waals surface area contributed by atoms with E-state index in [0.29, 0.717) is 27.4 Å². The molecule has 2 N–H and O–H groups in total. The number of rotatable bonds is 10. The molecule has 0 aliphatic carbocycles. The Bertz CT molecular complexity index is 1930. The minimum atomic E-state index is -0.199. The van der Waals surface area contributed by atoms with Crippen molar-refractivity contribution in [1.82, 2.24) is 25.0 Å². The fraction of sp³-hybridized carbons (Fsp3) is 0.125. The maximum atomic E-state index is 12.7. The summed E-state index contributed by atoms with van der Waals surface area (Å²) in [6.07, 6.45) is 0. The van der Waals surface area contributed by atoms with Gasteiger partial charge in [0, 0.05) is 29.6 Å². The third-order valence-corrected chi connectivity index (χ3v) is 9.81. The first-order valence-electron chi connectivity index (χ1n) is 13.7. The Morgan fingerprint density at radius 1 is 0.818 bits per heavy atom. The van der Waals surface area contributed by atoms with Crippen LogP contribution in [0.15, 0.2) is 100 Å². The lowest BCUT2D eigenvalue weighted by Gasteiger charge is -2.07. The lowest BCUT2D eigenvalue weighted by atomic mass is 10.1. The van der Waals surface area contributed by atoms with Crippen molar-refractivity contribution in [3.63, 3.8) is 0 Å². The summed E-state index contributed by atoms with van der Waals surface area (Å²) < 4.78 is 2.63. The van der Waals surface area contributed by atoms with Crippen LogP contribution < -0.4 is 10.6 Å². The summed E-state index contributed by atoms with van der Waals surface area (Å²) >= 11 is 4.24. The first-order valence-corrected chi connectivity index (χ1v) is 16.4. The molecule has 12 heteroatoms. The Morgan fingerprint density at radius 3 is 2.41 bits per heavy atom. The Balaban J connectivity index is 1.00. The van der Waals surface area contributed by atoms with E-state index in [4.69, 9.17) is 0 Å². The number of nitrogens with one attached hydrogen (secondary N) is 2. The van der Waals surface area contributed by atoms with Crippen LogP contribution in [-0.2, 0) is 17.6 Å². The van der Waals surface area contributed by atoms with Gasteiger partial charge in [-0.25, -0.2) is 0 Å². The number of fused-ring (bicyclic) bond motifs is 1. The van der Waals surface area contributed by atoms with Gasteiger partial charge in [-0.1, -0.05) is 95.0 Å². The van der Waals surface area contributed by atoms with Gasteiger partial charge >= 0.3 is 0 Å². The lowest BCUT2D eigenvalue weighted by molar-refractivity contribution is -0.113. The van der Waals surface area contributed by atoms with Gasteiger partial charge in [-0.05, 0) is 59.7 Å². The number of thioether (sulfide) groups is 2. The average Bonchev–Trinajstić information content (AvgIpc) is 3.65. The fourth-order valence-corrected chi connectivity index (χ4v) is 6.95. The summed E-state index contributed by atoms with van der Waals surface area (Å²) in [6, 6.07) is 29.4. The number of amides is 2. The van der Waals surface area contributed by atoms with E-state index in [1.165, 1.54) is 39.4 Å². The maximum Gasteiger partial charge on any atom is 0.255 e. The normalized spacial score (nSPS) is 11.0. The van der Waals surface area contributed by atoms with Crippen LogP contribution in [0.25, 0.3) is 22.2 Å². The highest BCUT2D eigenvalue weighted by Crippen LogP contribution is 2.31. The monoisotopic (exact) mass is 637 g/mol. The zero-order valence-electron chi connectivity index (χ0n) is 23.9. The lowest BCUT2D eigenvalue weighted by Crippen LogP contribution is -2.14. The Kier molecular flexibility index (Phi) is 9.01. The standard InChI is InChI=1S/C32H27N7O2S3/c1-20-10-12-23(13-11-20)29(41)33-25-16-14-22(15-17-25)28-35-37-31(39(28)2)42-19-27(40)34-30-36-38-32(44-30)43-18-24-8-5-7-21-6-3-4-9-26(21)24/h3-17H,18-19H2,1-2H3,(H,33,41)(H,34,36,40). The van der Waals surface area contributed by atoms with E-state index in [9.17, 15) is 9.59 Å². The van der Waals surface area contributed by atoms with Crippen LogP contribution in [0.5, 0.6) is 0 Å². The quantitative estimate of drug-likeness (QED) is 0.121. The molecule has 44 heavy (non-hydrogen) atoms. The minimum absolute atomic E-state index is 0.147. The topological polar surface area (TPSA) is 115 Å². The number of carbonyl (C=O) groups excluding carboxylic acids is 2. The van der Waals surface area contributed by atoms with Crippen LogP contribution in [0.3, 0.4) is 0 Å². The SMILES string of the molecule is Cc1ccc(C(=O)Nc2ccc(-c3nnc(SCC(=O)Nc4nnc(SCc5cccc6ccccc56)s4)n3C)cc2)cc1.